The van der Waals surface area contributed by atoms with Crippen molar-refractivity contribution in [3.63, 3.8) is 0 Å². The molecule has 1 saturated carbocycles. The first-order valence-corrected chi connectivity index (χ1v) is 17.3. The van der Waals surface area contributed by atoms with E-state index >= 15 is 4.39 Å². The van der Waals surface area contributed by atoms with Crippen LogP contribution in [0.15, 0.2) is 42.5 Å². The van der Waals surface area contributed by atoms with Gasteiger partial charge in [-0.1, -0.05) is 38.5 Å². The molecule has 6 rings (SSSR count). The van der Waals surface area contributed by atoms with E-state index in [-0.39, 0.29) is 42.1 Å². The monoisotopic (exact) mass is 636 g/mol. The highest BCUT2D eigenvalue weighted by Crippen LogP contribution is 2.47. The zero-order valence-electron chi connectivity index (χ0n) is 27.6. The number of benzene rings is 2. The third-order valence-electron chi connectivity index (χ3n) is 11.7. The summed E-state index contributed by atoms with van der Waals surface area (Å²) in [5.74, 6) is -0.294. The van der Waals surface area contributed by atoms with Gasteiger partial charge in [-0.2, -0.15) is 0 Å². The Kier molecular flexibility index (Phi) is 9.60. The molecule has 1 aliphatic carbocycles. The first-order valence-electron chi connectivity index (χ1n) is 17.3. The zero-order chi connectivity index (χ0) is 32.6. The Morgan fingerprint density at radius 3 is 2.30 bits per heavy atom. The van der Waals surface area contributed by atoms with Gasteiger partial charge >= 0.3 is 0 Å². The number of likely N-dealkylation sites (tertiary alicyclic amines) is 2. The summed E-state index contributed by atoms with van der Waals surface area (Å²) < 4.78 is 37.7. The van der Waals surface area contributed by atoms with Crippen LogP contribution >= 0.6 is 0 Å². The van der Waals surface area contributed by atoms with E-state index in [4.69, 9.17) is 10.5 Å². The number of alkyl halides is 1. The summed E-state index contributed by atoms with van der Waals surface area (Å²) in [5.41, 5.74) is 6.15. The minimum atomic E-state index is -2.05. The van der Waals surface area contributed by atoms with Crippen molar-refractivity contribution in [3.8, 4) is 5.75 Å². The number of nitrogens with two attached hydrogens (primary N) is 1. The lowest BCUT2D eigenvalue weighted by Crippen LogP contribution is -2.50. The number of ether oxygens (including phenoxy) is 1. The van der Waals surface area contributed by atoms with Gasteiger partial charge in [0, 0.05) is 68.8 Å². The fraction of sp³-hybridized carbons (Fsp3) is 0.622. The molecule has 4 aliphatic rings. The summed E-state index contributed by atoms with van der Waals surface area (Å²) in [5, 5.41) is 0. The predicted molar refractivity (Wildman–Crippen MR) is 176 cm³/mol. The van der Waals surface area contributed by atoms with E-state index in [0.717, 1.165) is 48.9 Å². The summed E-state index contributed by atoms with van der Waals surface area (Å²) in [6.45, 7) is 7.12. The molecule has 2 aromatic rings. The van der Waals surface area contributed by atoms with Gasteiger partial charge in [0.15, 0.2) is 0 Å². The van der Waals surface area contributed by atoms with E-state index in [1.54, 1.807) is 18.1 Å². The number of methoxy groups -OCH3 is 1. The van der Waals surface area contributed by atoms with Gasteiger partial charge in [-0.15, -0.1) is 0 Å². The molecule has 0 bridgehead atoms. The molecule has 2 aromatic carbocycles. The largest absolute Gasteiger partial charge is 0.497 e. The highest BCUT2D eigenvalue weighted by Gasteiger charge is 2.57. The van der Waals surface area contributed by atoms with E-state index < -0.39 is 17.5 Å². The molecular formula is C37H50F2N4O3. The smallest absolute Gasteiger partial charge is 0.262 e. The molecule has 7 nitrogen and oxygen atoms in total. The van der Waals surface area contributed by atoms with Gasteiger partial charge in [-0.05, 0) is 85.8 Å². The lowest BCUT2D eigenvalue weighted by Gasteiger charge is -2.35. The molecule has 0 unspecified atom stereocenters. The maximum Gasteiger partial charge on any atom is 0.262 e. The highest BCUT2D eigenvalue weighted by atomic mass is 19.1. The van der Waals surface area contributed by atoms with E-state index in [2.05, 4.69) is 23.6 Å². The van der Waals surface area contributed by atoms with Crippen molar-refractivity contribution in [1.29, 1.82) is 0 Å². The fourth-order valence-corrected chi connectivity index (χ4v) is 8.73. The normalized spacial score (nSPS) is 30.9. The van der Waals surface area contributed by atoms with Gasteiger partial charge in [-0.25, -0.2) is 8.78 Å². The van der Waals surface area contributed by atoms with Crippen molar-refractivity contribution < 1.29 is 23.1 Å². The number of primary amides is 1. The molecule has 2 amide bonds. The van der Waals surface area contributed by atoms with Crippen LogP contribution in [0.2, 0.25) is 0 Å². The highest BCUT2D eigenvalue weighted by molar-refractivity contribution is 5.88. The number of nitrogens with zero attached hydrogens (tertiary/aromatic N) is 3. The number of piperidine rings is 1. The molecular weight excluding hydrogens is 586 g/mol. The van der Waals surface area contributed by atoms with Crippen LogP contribution < -0.4 is 15.4 Å². The number of anilines is 1. The molecule has 2 N–H and O–H groups in total. The van der Waals surface area contributed by atoms with Crippen LogP contribution in [0.4, 0.5) is 14.5 Å². The van der Waals surface area contributed by atoms with E-state index in [1.807, 2.05) is 30.3 Å². The van der Waals surface area contributed by atoms with E-state index in [1.165, 1.54) is 6.07 Å². The molecule has 4 fully saturated rings. The third kappa shape index (κ3) is 6.36. The Labute approximate surface area is 272 Å². The first-order chi connectivity index (χ1) is 22.1. The van der Waals surface area contributed by atoms with Crippen LogP contribution in [0, 0.1) is 23.6 Å². The van der Waals surface area contributed by atoms with Crippen molar-refractivity contribution in [3.05, 3.63) is 59.4 Å². The number of hydrogen-bond donors (Lipinski definition) is 1. The molecule has 0 spiro atoms. The lowest BCUT2D eigenvalue weighted by atomic mass is 9.85. The maximum atomic E-state index is 17.7. The van der Waals surface area contributed by atoms with Crippen molar-refractivity contribution >= 4 is 17.5 Å². The molecule has 4 atom stereocenters. The number of rotatable bonds is 8. The zero-order valence-corrected chi connectivity index (χ0v) is 27.6. The molecule has 46 heavy (non-hydrogen) atoms. The average Bonchev–Trinajstić information content (AvgIpc) is 3.67. The van der Waals surface area contributed by atoms with Crippen LogP contribution in [0.5, 0.6) is 5.75 Å². The molecule has 0 radical (unpaired) electrons. The Morgan fingerprint density at radius 2 is 1.67 bits per heavy atom. The molecule has 3 aliphatic heterocycles. The maximum absolute atomic E-state index is 17.7. The average molecular weight is 637 g/mol. The SMILES string of the molecule is CC[C@H]1CN(C(=O)[C@]2(F)CN(C3CCC(C)CC3)C[C@H]2c2ccc(OC)cc2)C[C@@H]1c1ccc(F)cc1N1CCC(C(N)=O)CC1. The molecule has 9 heteroatoms. The number of amides is 2. The van der Waals surface area contributed by atoms with Gasteiger partial charge in [0.25, 0.3) is 5.91 Å². The standard InChI is InChI=1S/C37H50F2N4O3/c1-4-25-20-42(21-32(25)31-14-9-28(38)19-34(31)41-17-15-27(16-18-41)35(40)44)36(45)37(39)23-43(29-10-5-24(2)6-11-29)22-33(37)26-7-12-30(46-3)13-8-26/h7-9,12-14,19,24-25,27,29,32-33H,4-6,10-11,15-18,20-23H2,1-3H3,(H2,40,44)/t24?,25-,29?,32-,33-,37-/m0/s1. The first kappa shape index (κ1) is 32.7. The Balaban J connectivity index is 1.26. The van der Waals surface area contributed by atoms with Crippen molar-refractivity contribution in [2.75, 3.05) is 51.3 Å². The van der Waals surface area contributed by atoms with Crippen molar-refractivity contribution in [2.24, 2.45) is 23.5 Å². The third-order valence-corrected chi connectivity index (χ3v) is 11.7. The lowest BCUT2D eigenvalue weighted by molar-refractivity contribution is -0.143. The second-order valence-corrected chi connectivity index (χ2v) is 14.4. The van der Waals surface area contributed by atoms with Crippen molar-refractivity contribution in [1.82, 2.24) is 9.80 Å². The topological polar surface area (TPSA) is 79.1 Å². The molecule has 3 saturated heterocycles. The predicted octanol–water partition coefficient (Wildman–Crippen LogP) is 5.87. The minimum absolute atomic E-state index is 0.0428. The molecule has 0 aromatic heterocycles. The Hall–Kier alpha value is -3.20. The number of carbonyl (C=O) groups is 2. The summed E-state index contributed by atoms with van der Waals surface area (Å²) in [6.07, 6.45) is 6.42. The van der Waals surface area contributed by atoms with Crippen LogP contribution in [0.3, 0.4) is 0 Å². The quantitative estimate of drug-likeness (QED) is 0.392. The summed E-state index contributed by atoms with van der Waals surface area (Å²) in [4.78, 5) is 32.4. The Morgan fingerprint density at radius 1 is 0.978 bits per heavy atom. The van der Waals surface area contributed by atoms with Crippen LogP contribution in [0.1, 0.15) is 81.8 Å². The molecule has 3 heterocycles. The summed E-state index contributed by atoms with van der Waals surface area (Å²) >= 11 is 0. The van der Waals surface area contributed by atoms with Gasteiger partial charge < -0.3 is 20.3 Å². The summed E-state index contributed by atoms with van der Waals surface area (Å²) in [6, 6.07) is 12.7. The number of halogens is 2. The van der Waals surface area contributed by atoms with Gasteiger partial charge in [0.2, 0.25) is 11.6 Å². The van der Waals surface area contributed by atoms with Crippen LogP contribution in [-0.2, 0) is 9.59 Å². The van der Waals surface area contributed by atoms with E-state index in [9.17, 15) is 14.0 Å². The van der Waals surface area contributed by atoms with Crippen molar-refractivity contribution in [2.45, 2.75) is 82.3 Å². The van der Waals surface area contributed by atoms with Crippen LogP contribution in [-0.4, -0.2) is 79.7 Å². The van der Waals surface area contributed by atoms with Gasteiger partial charge in [-0.3, -0.25) is 14.5 Å². The fourth-order valence-electron chi connectivity index (χ4n) is 8.73. The Bertz CT molecular complexity index is 1390. The minimum Gasteiger partial charge on any atom is -0.497 e. The number of hydrogen-bond acceptors (Lipinski definition) is 5. The number of carbonyl (C=O) groups excluding carboxylic acids is 2. The second-order valence-electron chi connectivity index (χ2n) is 14.4. The van der Waals surface area contributed by atoms with Gasteiger partial charge in [0.1, 0.15) is 11.6 Å². The van der Waals surface area contributed by atoms with E-state index in [0.29, 0.717) is 57.2 Å². The second kappa shape index (κ2) is 13.5. The molecule has 250 valence electrons. The van der Waals surface area contributed by atoms with Crippen LogP contribution in [0.25, 0.3) is 0 Å². The summed E-state index contributed by atoms with van der Waals surface area (Å²) in [7, 11) is 1.61. The van der Waals surface area contributed by atoms with Gasteiger partial charge in [0.05, 0.1) is 7.11 Å².